The summed E-state index contributed by atoms with van der Waals surface area (Å²) in [6.45, 7) is 3.99. The number of rotatable bonds is 4. The number of nitrogens with zero attached hydrogens (tertiary/aromatic N) is 1. The molecule has 0 saturated heterocycles. The summed E-state index contributed by atoms with van der Waals surface area (Å²) in [7, 11) is 0. The van der Waals surface area contributed by atoms with Crippen LogP contribution in [-0.2, 0) is 0 Å². The van der Waals surface area contributed by atoms with Crippen LogP contribution >= 0.6 is 11.3 Å². The molecule has 0 bridgehead atoms. The first-order valence-corrected chi connectivity index (χ1v) is 7.65. The highest BCUT2D eigenvalue weighted by atomic mass is 32.1. The number of ether oxygens (including phenoxy) is 1. The molecular formula is C16H17N3OS. The highest BCUT2D eigenvalue weighted by molar-refractivity contribution is 7.16. The summed E-state index contributed by atoms with van der Waals surface area (Å²) in [5.41, 5.74) is 11.4. The minimum atomic E-state index is 0.119. The van der Waals surface area contributed by atoms with Crippen LogP contribution in [0.25, 0.3) is 10.2 Å². The van der Waals surface area contributed by atoms with Gasteiger partial charge in [-0.1, -0.05) is 0 Å². The number of benzene rings is 2. The second-order valence-corrected chi connectivity index (χ2v) is 6.00. The summed E-state index contributed by atoms with van der Waals surface area (Å²) in [4.78, 5) is 4.28. The van der Waals surface area contributed by atoms with Crippen LogP contribution in [0.3, 0.4) is 0 Å². The van der Waals surface area contributed by atoms with Crippen LogP contribution in [0.1, 0.15) is 13.8 Å². The lowest BCUT2D eigenvalue weighted by Gasteiger charge is -2.13. The van der Waals surface area contributed by atoms with E-state index in [-0.39, 0.29) is 6.10 Å². The summed E-state index contributed by atoms with van der Waals surface area (Å²) in [6, 6.07) is 11.8. The smallest absolute Gasteiger partial charge is 0.123 e. The average Bonchev–Trinajstić information content (AvgIpc) is 2.84. The van der Waals surface area contributed by atoms with E-state index in [2.05, 4.69) is 16.4 Å². The van der Waals surface area contributed by atoms with Crippen LogP contribution < -0.4 is 15.8 Å². The molecule has 0 aliphatic rings. The van der Waals surface area contributed by atoms with Crippen LogP contribution in [0.2, 0.25) is 0 Å². The van der Waals surface area contributed by atoms with Crippen LogP contribution in [-0.4, -0.2) is 11.1 Å². The SMILES string of the molecule is CC(C)Oc1cc(N)cc(Nc2ccc3ncsc3c2)c1. The van der Waals surface area contributed by atoms with E-state index in [1.807, 2.05) is 49.7 Å². The van der Waals surface area contributed by atoms with Crippen LogP contribution in [0.4, 0.5) is 17.1 Å². The van der Waals surface area contributed by atoms with E-state index in [0.717, 1.165) is 27.3 Å². The number of nitrogen functional groups attached to an aromatic ring is 1. The van der Waals surface area contributed by atoms with Gasteiger partial charge in [-0.15, -0.1) is 11.3 Å². The second kappa shape index (κ2) is 5.61. The van der Waals surface area contributed by atoms with Crippen LogP contribution in [0.5, 0.6) is 5.75 Å². The molecule has 0 spiro atoms. The topological polar surface area (TPSA) is 60.2 Å². The molecule has 0 aliphatic heterocycles. The van der Waals surface area contributed by atoms with E-state index in [1.54, 1.807) is 11.3 Å². The number of anilines is 3. The molecule has 0 aliphatic carbocycles. The van der Waals surface area contributed by atoms with Gasteiger partial charge >= 0.3 is 0 Å². The van der Waals surface area contributed by atoms with Gasteiger partial charge in [0.2, 0.25) is 0 Å². The van der Waals surface area contributed by atoms with Gasteiger partial charge in [0.1, 0.15) is 5.75 Å². The Kier molecular flexibility index (Phi) is 3.66. The van der Waals surface area contributed by atoms with E-state index >= 15 is 0 Å². The number of nitrogens with one attached hydrogen (secondary N) is 1. The molecule has 5 heteroatoms. The molecule has 0 amide bonds. The molecule has 108 valence electrons. The van der Waals surface area contributed by atoms with Crippen molar-refractivity contribution in [2.45, 2.75) is 20.0 Å². The Morgan fingerprint density at radius 3 is 2.81 bits per heavy atom. The molecule has 2 aromatic carbocycles. The molecule has 0 unspecified atom stereocenters. The maximum atomic E-state index is 5.93. The van der Waals surface area contributed by atoms with Crippen molar-refractivity contribution in [2.75, 3.05) is 11.1 Å². The number of nitrogens with two attached hydrogens (primary N) is 1. The fourth-order valence-electron chi connectivity index (χ4n) is 2.13. The minimum Gasteiger partial charge on any atom is -0.491 e. The van der Waals surface area contributed by atoms with Crippen molar-refractivity contribution < 1.29 is 4.74 Å². The zero-order valence-corrected chi connectivity index (χ0v) is 12.8. The Morgan fingerprint density at radius 1 is 1.14 bits per heavy atom. The molecule has 0 fully saturated rings. The maximum Gasteiger partial charge on any atom is 0.123 e. The Bertz CT molecular complexity index is 767. The molecule has 3 rings (SSSR count). The predicted octanol–water partition coefficient (Wildman–Crippen LogP) is 4.41. The van der Waals surface area contributed by atoms with Gasteiger partial charge in [-0.05, 0) is 38.1 Å². The summed E-state index contributed by atoms with van der Waals surface area (Å²) < 4.78 is 6.86. The zero-order valence-electron chi connectivity index (χ0n) is 12.0. The Morgan fingerprint density at radius 2 is 2.00 bits per heavy atom. The molecule has 21 heavy (non-hydrogen) atoms. The fourth-order valence-corrected chi connectivity index (χ4v) is 2.85. The average molecular weight is 299 g/mol. The highest BCUT2D eigenvalue weighted by Crippen LogP contribution is 2.28. The Labute approximate surface area is 127 Å². The van der Waals surface area contributed by atoms with Gasteiger partial charge in [-0.25, -0.2) is 4.98 Å². The van der Waals surface area contributed by atoms with Gasteiger partial charge < -0.3 is 15.8 Å². The van der Waals surface area contributed by atoms with Gasteiger partial charge in [-0.2, -0.15) is 0 Å². The zero-order chi connectivity index (χ0) is 14.8. The standard InChI is InChI=1S/C16H17N3OS/c1-10(2)20-14-6-11(17)5-13(7-14)19-12-3-4-15-16(8-12)21-9-18-15/h3-10,19H,17H2,1-2H3. The number of thiazole rings is 1. The Hall–Kier alpha value is -2.27. The molecule has 1 heterocycles. The van der Waals surface area contributed by atoms with Crippen LogP contribution in [0, 0.1) is 0 Å². The first kappa shape index (κ1) is 13.7. The number of fused-ring (bicyclic) bond motifs is 1. The van der Waals surface area contributed by atoms with Crippen molar-refractivity contribution in [1.82, 2.24) is 4.98 Å². The van der Waals surface area contributed by atoms with Gasteiger partial charge in [-0.3, -0.25) is 0 Å². The van der Waals surface area contributed by atoms with Crippen molar-refractivity contribution in [3.8, 4) is 5.75 Å². The molecule has 3 N–H and O–H groups in total. The monoisotopic (exact) mass is 299 g/mol. The third-order valence-electron chi connectivity index (χ3n) is 2.92. The number of aromatic nitrogens is 1. The lowest BCUT2D eigenvalue weighted by molar-refractivity contribution is 0.242. The van der Waals surface area contributed by atoms with E-state index < -0.39 is 0 Å². The predicted molar refractivity (Wildman–Crippen MR) is 89.5 cm³/mol. The first-order chi connectivity index (χ1) is 10.1. The van der Waals surface area contributed by atoms with Gasteiger partial charge in [0.25, 0.3) is 0 Å². The Balaban J connectivity index is 1.87. The minimum absolute atomic E-state index is 0.119. The van der Waals surface area contributed by atoms with Crippen molar-refractivity contribution in [2.24, 2.45) is 0 Å². The van der Waals surface area contributed by atoms with Crippen molar-refractivity contribution in [3.63, 3.8) is 0 Å². The molecule has 0 atom stereocenters. The molecular weight excluding hydrogens is 282 g/mol. The molecule has 4 nitrogen and oxygen atoms in total. The molecule has 1 aromatic heterocycles. The highest BCUT2D eigenvalue weighted by Gasteiger charge is 2.04. The summed E-state index contributed by atoms with van der Waals surface area (Å²) in [5, 5.41) is 3.36. The van der Waals surface area contributed by atoms with Crippen molar-refractivity contribution in [1.29, 1.82) is 0 Å². The van der Waals surface area contributed by atoms with Gasteiger partial charge in [0.05, 0.1) is 21.8 Å². The maximum absolute atomic E-state index is 5.93. The lowest BCUT2D eigenvalue weighted by Crippen LogP contribution is -2.06. The van der Waals surface area contributed by atoms with E-state index in [9.17, 15) is 0 Å². The first-order valence-electron chi connectivity index (χ1n) is 6.77. The summed E-state index contributed by atoms with van der Waals surface area (Å²) in [5.74, 6) is 0.770. The molecule has 0 saturated carbocycles. The lowest BCUT2D eigenvalue weighted by atomic mass is 10.2. The summed E-state index contributed by atoms with van der Waals surface area (Å²) in [6.07, 6.45) is 0.119. The van der Waals surface area contributed by atoms with E-state index in [1.165, 1.54) is 0 Å². The fraction of sp³-hybridized carbons (Fsp3) is 0.188. The van der Waals surface area contributed by atoms with Gasteiger partial charge in [0.15, 0.2) is 0 Å². The van der Waals surface area contributed by atoms with E-state index in [4.69, 9.17) is 10.5 Å². The third-order valence-corrected chi connectivity index (χ3v) is 3.71. The normalized spacial score (nSPS) is 11.0. The molecule has 0 radical (unpaired) electrons. The summed E-state index contributed by atoms with van der Waals surface area (Å²) >= 11 is 1.63. The van der Waals surface area contributed by atoms with Crippen LogP contribution in [0.15, 0.2) is 41.9 Å². The second-order valence-electron chi connectivity index (χ2n) is 5.12. The van der Waals surface area contributed by atoms with E-state index in [0.29, 0.717) is 5.69 Å². The van der Waals surface area contributed by atoms with Crippen molar-refractivity contribution >= 4 is 38.6 Å². The van der Waals surface area contributed by atoms with Crippen molar-refractivity contribution in [3.05, 3.63) is 41.9 Å². The third kappa shape index (κ3) is 3.25. The number of hydrogen-bond donors (Lipinski definition) is 2. The van der Waals surface area contributed by atoms with Gasteiger partial charge in [0, 0.05) is 29.2 Å². The quantitative estimate of drug-likeness (QED) is 0.701. The largest absolute Gasteiger partial charge is 0.491 e. The molecule has 3 aromatic rings. The number of hydrogen-bond acceptors (Lipinski definition) is 5.